The Morgan fingerprint density at radius 3 is 2.83 bits per heavy atom. The maximum absolute atomic E-state index is 8.91. The van der Waals surface area contributed by atoms with E-state index < -0.39 is 0 Å². The summed E-state index contributed by atoms with van der Waals surface area (Å²) < 4.78 is 1.90. The second-order valence-corrected chi connectivity index (χ2v) is 4.61. The van der Waals surface area contributed by atoms with E-state index in [1.165, 1.54) is 0 Å². The molecule has 2 unspecified atom stereocenters. The molecule has 2 aromatic rings. The van der Waals surface area contributed by atoms with Gasteiger partial charge in [0.25, 0.3) is 0 Å². The van der Waals surface area contributed by atoms with Gasteiger partial charge in [0.2, 0.25) is 0 Å². The fourth-order valence-electron chi connectivity index (χ4n) is 2.43. The number of hydrogen-bond acceptors (Lipinski definition) is 4. The molecular weight excluding hydrogens is 226 g/mol. The first-order valence-electron chi connectivity index (χ1n) is 6.08. The van der Waals surface area contributed by atoms with Gasteiger partial charge in [0, 0.05) is 23.9 Å². The van der Waals surface area contributed by atoms with Crippen LogP contribution in [-0.4, -0.2) is 20.0 Å². The number of pyridine rings is 1. The van der Waals surface area contributed by atoms with Gasteiger partial charge in [-0.05, 0) is 31.4 Å². The minimum atomic E-state index is 0.170. The van der Waals surface area contributed by atoms with Crippen LogP contribution in [0.25, 0.3) is 11.3 Å². The summed E-state index contributed by atoms with van der Waals surface area (Å²) in [5.41, 5.74) is 1.88. The van der Waals surface area contributed by atoms with Crippen molar-refractivity contribution in [3.05, 3.63) is 30.7 Å². The van der Waals surface area contributed by atoms with E-state index in [0.717, 1.165) is 30.5 Å². The van der Waals surface area contributed by atoms with Crippen LogP contribution in [0.5, 0.6) is 0 Å². The van der Waals surface area contributed by atoms with Gasteiger partial charge in [-0.3, -0.25) is 4.98 Å². The van der Waals surface area contributed by atoms with Crippen molar-refractivity contribution in [2.24, 2.45) is 5.92 Å². The summed E-state index contributed by atoms with van der Waals surface area (Å²) in [6.07, 6.45) is 8.31. The van der Waals surface area contributed by atoms with Gasteiger partial charge in [-0.1, -0.05) is 5.21 Å². The molecule has 0 radical (unpaired) electrons. The zero-order valence-electron chi connectivity index (χ0n) is 9.90. The van der Waals surface area contributed by atoms with Crippen molar-refractivity contribution < 1.29 is 0 Å². The number of nitriles is 1. The predicted octanol–water partition coefficient (Wildman–Crippen LogP) is 2.20. The van der Waals surface area contributed by atoms with E-state index in [-0.39, 0.29) is 5.92 Å². The predicted molar refractivity (Wildman–Crippen MR) is 65.2 cm³/mol. The summed E-state index contributed by atoms with van der Waals surface area (Å²) >= 11 is 0. The van der Waals surface area contributed by atoms with Crippen molar-refractivity contribution >= 4 is 0 Å². The largest absolute Gasteiger partial charge is 0.265 e. The third-order valence-electron chi connectivity index (χ3n) is 3.45. The topological polar surface area (TPSA) is 67.4 Å². The molecule has 0 N–H and O–H groups in total. The summed E-state index contributed by atoms with van der Waals surface area (Å²) in [4.78, 5) is 3.99. The molecule has 2 heterocycles. The lowest BCUT2D eigenvalue weighted by Gasteiger charge is -2.07. The molecule has 5 heteroatoms. The first-order chi connectivity index (χ1) is 8.86. The summed E-state index contributed by atoms with van der Waals surface area (Å²) in [6.45, 7) is 0. The summed E-state index contributed by atoms with van der Waals surface area (Å²) in [5, 5.41) is 17.3. The maximum atomic E-state index is 8.91. The molecule has 0 saturated heterocycles. The zero-order valence-corrected chi connectivity index (χ0v) is 9.90. The van der Waals surface area contributed by atoms with E-state index in [1.54, 1.807) is 12.4 Å². The highest BCUT2D eigenvalue weighted by atomic mass is 15.4. The summed E-state index contributed by atoms with van der Waals surface area (Å²) in [5.74, 6) is 0.170. The fraction of sp³-hybridized carbons (Fsp3) is 0.385. The van der Waals surface area contributed by atoms with Crippen LogP contribution >= 0.6 is 0 Å². The Balaban J connectivity index is 1.81. The van der Waals surface area contributed by atoms with E-state index in [0.29, 0.717) is 6.04 Å². The van der Waals surface area contributed by atoms with Gasteiger partial charge >= 0.3 is 0 Å². The van der Waals surface area contributed by atoms with Crippen molar-refractivity contribution in [3.63, 3.8) is 0 Å². The molecule has 0 spiro atoms. The minimum absolute atomic E-state index is 0.170. The molecule has 1 fully saturated rings. The van der Waals surface area contributed by atoms with Gasteiger partial charge in [0.1, 0.15) is 5.69 Å². The van der Waals surface area contributed by atoms with Gasteiger partial charge in [0.15, 0.2) is 0 Å². The van der Waals surface area contributed by atoms with Crippen LogP contribution in [0.4, 0.5) is 0 Å². The van der Waals surface area contributed by atoms with Gasteiger partial charge in [-0.15, -0.1) is 5.10 Å². The van der Waals surface area contributed by atoms with Crippen molar-refractivity contribution in [1.29, 1.82) is 5.26 Å². The molecular formula is C13H13N5. The molecule has 2 aromatic heterocycles. The van der Waals surface area contributed by atoms with Gasteiger partial charge in [0.05, 0.1) is 18.3 Å². The monoisotopic (exact) mass is 239 g/mol. The van der Waals surface area contributed by atoms with Crippen molar-refractivity contribution in [3.8, 4) is 17.3 Å². The van der Waals surface area contributed by atoms with Crippen LogP contribution < -0.4 is 0 Å². The van der Waals surface area contributed by atoms with Crippen molar-refractivity contribution in [2.75, 3.05) is 0 Å². The third-order valence-corrected chi connectivity index (χ3v) is 3.45. The minimum Gasteiger partial charge on any atom is -0.265 e. The normalized spacial score (nSPS) is 22.8. The second kappa shape index (κ2) is 4.57. The molecule has 2 atom stereocenters. The Morgan fingerprint density at radius 1 is 1.28 bits per heavy atom. The Kier molecular flexibility index (Phi) is 2.77. The zero-order chi connectivity index (χ0) is 12.4. The van der Waals surface area contributed by atoms with E-state index >= 15 is 0 Å². The highest BCUT2D eigenvalue weighted by Crippen LogP contribution is 2.33. The Hall–Kier alpha value is -2.22. The van der Waals surface area contributed by atoms with Crippen LogP contribution in [0.15, 0.2) is 30.7 Å². The van der Waals surface area contributed by atoms with Gasteiger partial charge in [-0.2, -0.15) is 5.26 Å². The van der Waals surface area contributed by atoms with Crippen LogP contribution in [0.3, 0.4) is 0 Å². The Bertz CT molecular complexity index is 569. The number of rotatable bonds is 2. The molecule has 0 aliphatic heterocycles. The van der Waals surface area contributed by atoms with Crippen molar-refractivity contribution in [1.82, 2.24) is 20.0 Å². The van der Waals surface area contributed by atoms with E-state index in [2.05, 4.69) is 21.4 Å². The molecule has 0 amide bonds. The molecule has 1 aliphatic rings. The third kappa shape index (κ3) is 1.97. The van der Waals surface area contributed by atoms with Crippen molar-refractivity contribution in [2.45, 2.75) is 25.3 Å². The van der Waals surface area contributed by atoms with E-state index in [4.69, 9.17) is 5.26 Å². The number of nitrogens with zero attached hydrogens (tertiary/aromatic N) is 5. The SMILES string of the molecule is N#CC1CCC(n2cc(-c3ccncc3)nn2)C1. The Labute approximate surface area is 105 Å². The maximum Gasteiger partial charge on any atom is 0.113 e. The standard InChI is InChI=1S/C13H13N5/c14-8-10-1-2-12(7-10)18-9-13(16-17-18)11-3-5-15-6-4-11/h3-6,9-10,12H,1-2,7H2. The molecule has 3 rings (SSSR count). The van der Waals surface area contributed by atoms with Crippen LogP contribution in [0, 0.1) is 17.2 Å². The van der Waals surface area contributed by atoms with Crippen LogP contribution in [0.2, 0.25) is 0 Å². The fourth-order valence-corrected chi connectivity index (χ4v) is 2.43. The average Bonchev–Trinajstić information content (AvgIpc) is 3.08. The van der Waals surface area contributed by atoms with Crippen LogP contribution in [0.1, 0.15) is 25.3 Å². The van der Waals surface area contributed by atoms with Crippen LogP contribution in [-0.2, 0) is 0 Å². The lowest BCUT2D eigenvalue weighted by atomic mass is 10.1. The van der Waals surface area contributed by atoms with E-state index in [1.807, 2.05) is 23.0 Å². The number of aromatic nitrogens is 4. The summed E-state index contributed by atoms with van der Waals surface area (Å²) in [6, 6.07) is 6.49. The molecule has 1 aliphatic carbocycles. The lowest BCUT2D eigenvalue weighted by Crippen LogP contribution is -2.06. The molecule has 18 heavy (non-hydrogen) atoms. The molecule has 90 valence electrons. The highest BCUT2D eigenvalue weighted by molar-refractivity contribution is 5.56. The summed E-state index contributed by atoms with van der Waals surface area (Å²) in [7, 11) is 0. The van der Waals surface area contributed by atoms with Gasteiger partial charge in [-0.25, -0.2) is 4.68 Å². The smallest absolute Gasteiger partial charge is 0.113 e. The lowest BCUT2D eigenvalue weighted by molar-refractivity contribution is 0.446. The number of hydrogen-bond donors (Lipinski definition) is 0. The van der Waals surface area contributed by atoms with Gasteiger partial charge < -0.3 is 0 Å². The molecule has 5 nitrogen and oxygen atoms in total. The molecule has 0 aromatic carbocycles. The molecule has 0 bridgehead atoms. The Morgan fingerprint density at radius 2 is 2.11 bits per heavy atom. The highest BCUT2D eigenvalue weighted by Gasteiger charge is 2.26. The van der Waals surface area contributed by atoms with E-state index in [9.17, 15) is 0 Å². The first-order valence-corrected chi connectivity index (χ1v) is 6.08. The quantitative estimate of drug-likeness (QED) is 0.805. The average molecular weight is 239 g/mol. The second-order valence-electron chi connectivity index (χ2n) is 4.61. The molecule has 1 saturated carbocycles. The first kappa shape index (κ1) is 10.9.